The zero-order chi connectivity index (χ0) is 27.1. The molecular formula is C23H36N6O7. The molecule has 0 aliphatic carbocycles. The van der Waals surface area contributed by atoms with Gasteiger partial charge in [-0.1, -0.05) is 36.8 Å². The molecule has 11 N–H and O–H groups in total. The normalized spacial score (nSPS) is 14.1. The molecule has 200 valence electrons. The molecule has 0 aromatic heterocycles. The van der Waals surface area contributed by atoms with E-state index < -0.39 is 60.4 Å². The number of aliphatic hydroxyl groups is 1. The van der Waals surface area contributed by atoms with Crippen LogP contribution in [-0.4, -0.2) is 77.1 Å². The van der Waals surface area contributed by atoms with E-state index in [-0.39, 0.29) is 19.3 Å². The standard InChI is InChI=1S/C23H36N6O7/c24-11-5-4-8-15(25)20(32)27-16(9-10-19(26)31)21(33)28-17(12-14-6-2-1-3-7-14)22(34)29-18(13-30)23(35)36/h1-3,6-7,15-18,30H,4-5,8-13,24-25H2,(H2,26,31)(H,27,32)(H,28,33)(H,29,34)(H,35,36). The van der Waals surface area contributed by atoms with Crippen LogP contribution in [0.3, 0.4) is 0 Å². The Labute approximate surface area is 209 Å². The summed E-state index contributed by atoms with van der Waals surface area (Å²) in [5.74, 6) is -4.41. The third-order valence-electron chi connectivity index (χ3n) is 5.33. The summed E-state index contributed by atoms with van der Waals surface area (Å²) in [5, 5.41) is 25.6. The Hall–Kier alpha value is -3.55. The highest BCUT2D eigenvalue weighted by atomic mass is 16.4. The molecule has 0 spiro atoms. The number of carbonyl (C=O) groups excluding carboxylic acids is 4. The first-order valence-electron chi connectivity index (χ1n) is 11.6. The maximum Gasteiger partial charge on any atom is 0.328 e. The Morgan fingerprint density at radius 3 is 1.97 bits per heavy atom. The first-order chi connectivity index (χ1) is 17.1. The van der Waals surface area contributed by atoms with Crippen molar-refractivity contribution in [3.63, 3.8) is 0 Å². The van der Waals surface area contributed by atoms with Gasteiger partial charge in [0.2, 0.25) is 23.6 Å². The molecule has 0 saturated carbocycles. The van der Waals surface area contributed by atoms with E-state index in [1.165, 1.54) is 0 Å². The fraction of sp³-hybridized carbons (Fsp3) is 0.522. The molecule has 0 aliphatic heterocycles. The number of rotatable bonds is 17. The van der Waals surface area contributed by atoms with Crippen LogP contribution in [0.2, 0.25) is 0 Å². The highest BCUT2D eigenvalue weighted by Gasteiger charge is 2.30. The first kappa shape index (κ1) is 30.5. The number of carboxylic acids is 1. The van der Waals surface area contributed by atoms with Crippen molar-refractivity contribution in [1.82, 2.24) is 16.0 Å². The number of aliphatic hydroxyl groups excluding tert-OH is 1. The molecule has 4 unspecified atom stereocenters. The number of primary amides is 1. The minimum atomic E-state index is -1.58. The second-order valence-corrected chi connectivity index (χ2v) is 8.29. The van der Waals surface area contributed by atoms with Gasteiger partial charge in [0.05, 0.1) is 12.6 Å². The lowest BCUT2D eigenvalue weighted by molar-refractivity contribution is -0.143. The summed E-state index contributed by atoms with van der Waals surface area (Å²) in [5.41, 5.74) is 17.2. The Kier molecular flexibility index (Phi) is 13.7. The number of hydrogen-bond donors (Lipinski definition) is 8. The quantitative estimate of drug-likeness (QED) is 0.103. The van der Waals surface area contributed by atoms with Crippen molar-refractivity contribution < 1.29 is 34.2 Å². The monoisotopic (exact) mass is 508 g/mol. The van der Waals surface area contributed by atoms with Gasteiger partial charge in [0.15, 0.2) is 0 Å². The topological polar surface area (TPSA) is 240 Å². The van der Waals surface area contributed by atoms with Crippen molar-refractivity contribution in [3.8, 4) is 0 Å². The van der Waals surface area contributed by atoms with Gasteiger partial charge in [-0.05, 0) is 31.4 Å². The van der Waals surface area contributed by atoms with Gasteiger partial charge in [0, 0.05) is 12.8 Å². The van der Waals surface area contributed by atoms with Crippen LogP contribution >= 0.6 is 0 Å². The highest BCUT2D eigenvalue weighted by molar-refractivity contribution is 5.94. The van der Waals surface area contributed by atoms with Crippen LogP contribution in [0.4, 0.5) is 0 Å². The third kappa shape index (κ3) is 11.3. The van der Waals surface area contributed by atoms with E-state index in [4.69, 9.17) is 22.3 Å². The largest absolute Gasteiger partial charge is 0.480 e. The van der Waals surface area contributed by atoms with E-state index in [9.17, 15) is 29.1 Å². The summed E-state index contributed by atoms with van der Waals surface area (Å²) >= 11 is 0. The highest BCUT2D eigenvalue weighted by Crippen LogP contribution is 2.07. The minimum Gasteiger partial charge on any atom is -0.480 e. The van der Waals surface area contributed by atoms with E-state index in [1.54, 1.807) is 30.3 Å². The van der Waals surface area contributed by atoms with Crippen LogP contribution in [-0.2, 0) is 30.4 Å². The molecule has 4 amide bonds. The summed E-state index contributed by atoms with van der Waals surface area (Å²) in [6.45, 7) is -0.408. The first-order valence-corrected chi connectivity index (χ1v) is 11.6. The molecule has 1 aromatic carbocycles. The third-order valence-corrected chi connectivity index (χ3v) is 5.33. The summed E-state index contributed by atoms with van der Waals surface area (Å²) in [7, 11) is 0. The van der Waals surface area contributed by atoms with Crippen LogP contribution < -0.4 is 33.2 Å². The van der Waals surface area contributed by atoms with Crippen molar-refractivity contribution in [2.45, 2.75) is 62.7 Å². The number of aliphatic carboxylic acids is 1. The lowest BCUT2D eigenvalue weighted by Crippen LogP contribution is -2.58. The van der Waals surface area contributed by atoms with Crippen LogP contribution in [0.15, 0.2) is 30.3 Å². The van der Waals surface area contributed by atoms with Crippen molar-refractivity contribution in [2.75, 3.05) is 13.2 Å². The van der Waals surface area contributed by atoms with Gasteiger partial charge >= 0.3 is 5.97 Å². The number of hydrogen-bond acceptors (Lipinski definition) is 8. The van der Waals surface area contributed by atoms with E-state index in [0.717, 1.165) is 0 Å². The molecule has 0 heterocycles. The molecule has 1 rings (SSSR count). The maximum atomic E-state index is 13.1. The number of amides is 4. The van der Waals surface area contributed by atoms with Crippen LogP contribution in [0.25, 0.3) is 0 Å². The molecule has 1 aromatic rings. The molecule has 0 fully saturated rings. The van der Waals surface area contributed by atoms with E-state index in [1.807, 2.05) is 0 Å². The van der Waals surface area contributed by atoms with Crippen molar-refractivity contribution in [1.29, 1.82) is 0 Å². The van der Waals surface area contributed by atoms with E-state index in [2.05, 4.69) is 16.0 Å². The predicted octanol–water partition coefficient (Wildman–Crippen LogP) is -2.52. The Morgan fingerprint density at radius 2 is 1.42 bits per heavy atom. The average Bonchev–Trinajstić information content (AvgIpc) is 2.84. The van der Waals surface area contributed by atoms with E-state index in [0.29, 0.717) is 31.4 Å². The van der Waals surface area contributed by atoms with Gasteiger partial charge in [-0.2, -0.15) is 0 Å². The lowest BCUT2D eigenvalue weighted by atomic mass is 10.0. The SMILES string of the molecule is NCCCCC(N)C(=O)NC(CCC(N)=O)C(=O)NC(Cc1ccccc1)C(=O)NC(CO)C(=O)O. The molecule has 0 bridgehead atoms. The van der Waals surface area contributed by atoms with Crippen molar-refractivity contribution >= 4 is 29.6 Å². The molecule has 36 heavy (non-hydrogen) atoms. The second kappa shape index (κ2) is 16.2. The van der Waals surface area contributed by atoms with Gasteiger partial charge < -0.3 is 43.4 Å². The number of nitrogens with one attached hydrogen (secondary N) is 3. The number of nitrogens with two attached hydrogens (primary N) is 3. The summed E-state index contributed by atoms with van der Waals surface area (Å²) < 4.78 is 0. The molecule has 13 heteroatoms. The van der Waals surface area contributed by atoms with Crippen molar-refractivity contribution in [3.05, 3.63) is 35.9 Å². The summed E-state index contributed by atoms with van der Waals surface area (Å²) in [6.07, 6.45) is 1.25. The Balaban J connectivity index is 3.05. The second-order valence-electron chi connectivity index (χ2n) is 8.29. The van der Waals surface area contributed by atoms with Gasteiger partial charge in [-0.15, -0.1) is 0 Å². The number of carboxylic acid groups (broad SMARTS) is 1. The molecule has 0 aliphatic rings. The van der Waals surface area contributed by atoms with Gasteiger partial charge in [-0.3, -0.25) is 19.2 Å². The molecule has 13 nitrogen and oxygen atoms in total. The number of unbranched alkanes of at least 4 members (excludes halogenated alkanes) is 1. The number of benzene rings is 1. The van der Waals surface area contributed by atoms with Crippen molar-refractivity contribution in [2.24, 2.45) is 17.2 Å². The smallest absolute Gasteiger partial charge is 0.328 e. The van der Waals surface area contributed by atoms with Crippen LogP contribution in [0, 0.1) is 0 Å². The van der Waals surface area contributed by atoms with Gasteiger partial charge in [0.25, 0.3) is 0 Å². The van der Waals surface area contributed by atoms with Crippen LogP contribution in [0.1, 0.15) is 37.7 Å². The summed E-state index contributed by atoms with van der Waals surface area (Å²) in [6, 6.07) is 3.65. The summed E-state index contributed by atoms with van der Waals surface area (Å²) in [4.78, 5) is 61.0. The molecule has 0 saturated heterocycles. The van der Waals surface area contributed by atoms with Gasteiger partial charge in [0.1, 0.15) is 18.1 Å². The molecule has 4 atom stereocenters. The minimum absolute atomic E-state index is 0.00866. The maximum absolute atomic E-state index is 13.1. The fourth-order valence-corrected chi connectivity index (χ4v) is 3.26. The Morgan fingerprint density at radius 1 is 0.833 bits per heavy atom. The zero-order valence-electron chi connectivity index (χ0n) is 20.0. The van der Waals surface area contributed by atoms with Gasteiger partial charge in [-0.25, -0.2) is 4.79 Å². The lowest BCUT2D eigenvalue weighted by Gasteiger charge is -2.25. The number of carbonyl (C=O) groups is 5. The zero-order valence-corrected chi connectivity index (χ0v) is 20.0. The van der Waals surface area contributed by atoms with E-state index >= 15 is 0 Å². The van der Waals surface area contributed by atoms with Crippen LogP contribution in [0.5, 0.6) is 0 Å². The Bertz CT molecular complexity index is 883. The predicted molar refractivity (Wildman–Crippen MR) is 130 cm³/mol. The fourth-order valence-electron chi connectivity index (χ4n) is 3.26. The molecular weight excluding hydrogens is 472 g/mol. The molecule has 0 radical (unpaired) electrons. The average molecular weight is 509 g/mol.